The molecule has 1 atom stereocenters. The molecule has 0 saturated carbocycles. The topological polar surface area (TPSA) is 118 Å². The zero-order valence-electron chi connectivity index (χ0n) is 25.4. The Kier molecular flexibility index (Phi) is 11.1. The van der Waals surface area contributed by atoms with Crippen molar-refractivity contribution in [3.8, 4) is 0 Å². The summed E-state index contributed by atoms with van der Waals surface area (Å²) in [6.45, 7) is 7.80. The number of likely N-dealkylation sites (N-methyl/N-ethyl adjacent to an activating group) is 1. The van der Waals surface area contributed by atoms with Crippen LogP contribution in [-0.2, 0) is 16.6 Å². The summed E-state index contributed by atoms with van der Waals surface area (Å²) >= 11 is 0. The lowest BCUT2D eigenvalue weighted by atomic mass is 10.1. The molecule has 0 radical (unpaired) electrons. The number of amides is 1. The highest BCUT2D eigenvalue weighted by Crippen LogP contribution is 2.26. The monoisotopic (exact) mass is 602 g/mol. The van der Waals surface area contributed by atoms with Crippen LogP contribution in [0.4, 0.5) is 13.2 Å². The van der Waals surface area contributed by atoms with Crippen LogP contribution < -0.4 is 16.9 Å². The number of nitrogens with zero attached hydrogens (tertiary/aromatic N) is 5. The van der Waals surface area contributed by atoms with Crippen LogP contribution in [0, 0.1) is 12.8 Å². The molecule has 1 aliphatic carbocycles. The molecule has 0 aromatic carbocycles. The molecular formula is C30H41F3N8O2. The van der Waals surface area contributed by atoms with Gasteiger partial charge in [-0.3, -0.25) is 14.5 Å². The van der Waals surface area contributed by atoms with E-state index >= 15 is 0 Å². The minimum absolute atomic E-state index is 0.117. The highest BCUT2D eigenvalue weighted by atomic mass is 19.4. The lowest BCUT2D eigenvalue weighted by Crippen LogP contribution is -2.44. The van der Waals surface area contributed by atoms with Crippen molar-refractivity contribution in [2.45, 2.75) is 26.9 Å². The maximum Gasteiger partial charge on any atom is 0.409 e. The Labute approximate surface area is 250 Å². The molecule has 10 nitrogen and oxygen atoms in total. The molecule has 3 rings (SSSR count). The third-order valence-electron chi connectivity index (χ3n) is 7.32. The number of nitrogens with one attached hydrogen (secondary N) is 1. The maximum atomic E-state index is 13.6. The number of hydrogen-bond donors (Lipinski definition) is 3. The number of carbonyl (C=O) groups is 1. The average Bonchev–Trinajstić information content (AvgIpc) is 3.16. The van der Waals surface area contributed by atoms with Crippen LogP contribution in [0.1, 0.15) is 25.1 Å². The standard InChI is InChI=1S/C30H41F3N8O2/c1-7-25(28(43-6)26(11-12-30(31,32)33)40-15-13-38(4)14-16-40)37-29(42)22-10-8-9-20(2)27(17-22)41(35)19-24(34)23-18-36-39(5)21(23)3/h7-12,17-20H,13-16,34-35H2,1-6H3,(H,37,42)/b12-11+,24-19-,25-7+,28-26-. The zero-order chi connectivity index (χ0) is 31.9. The normalized spacial score (nSPS) is 19.6. The van der Waals surface area contributed by atoms with E-state index in [9.17, 15) is 18.0 Å². The molecule has 2 heterocycles. The van der Waals surface area contributed by atoms with Gasteiger partial charge in [-0.1, -0.05) is 25.2 Å². The number of aromatic nitrogens is 2. The van der Waals surface area contributed by atoms with Crippen molar-refractivity contribution >= 4 is 11.6 Å². The van der Waals surface area contributed by atoms with E-state index in [4.69, 9.17) is 16.3 Å². The Balaban J connectivity index is 1.93. The van der Waals surface area contributed by atoms with Gasteiger partial charge in [0.2, 0.25) is 0 Å². The smallest absolute Gasteiger partial charge is 0.409 e. The van der Waals surface area contributed by atoms with Crippen molar-refractivity contribution in [1.82, 2.24) is 29.9 Å². The van der Waals surface area contributed by atoms with Gasteiger partial charge in [-0.25, -0.2) is 5.84 Å². The van der Waals surface area contributed by atoms with Gasteiger partial charge < -0.3 is 25.6 Å². The van der Waals surface area contributed by atoms with E-state index in [1.807, 2.05) is 38.9 Å². The molecule has 43 heavy (non-hydrogen) atoms. The minimum atomic E-state index is -4.52. The lowest BCUT2D eigenvalue weighted by Gasteiger charge is -2.35. The second kappa shape index (κ2) is 14.3. The Morgan fingerprint density at radius 3 is 2.47 bits per heavy atom. The molecule has 1 aromatic heterocycles. The van der Waals surface area contributed by atoms with E-state index in [2.05, 4.69) is 15.3 Å². The number of alkyl halides is 3. The van der Waals surface area contributed by atoms with Gasteiger partial charge in [0.05, 0.1) is 30.4 Å². The summed E-state index contributed by atoms with van der Waals surface area (Å²) in [5.74, 6) is 5.86. The van der Waals surface area contributed by atoms with Crippen LogP contribution in [0.5, 0.6) is 0 Å². The number of nitrogens with two attached hydrogens (primary N) is 2. The molecule has 0 bridgehead atoms. The first-order valence-corrected chi connectivity index (χ1v) is 13.8. The van der Waals surface area contributed by atoms with Gasteiger partial charge in [0.15, 0.2) is 5.76 Å². The maximum absolute atomic E-state index is 13.6. The van der Waals surface area contributed by atoms with Crippen molar-refractivity contribution in [2.24, 2.45) is 24.5 Å². The number of methoxy groups -OCH3 is 1. The summed E-state index contributed by atoms with van der Waals surface area (Å²) in [4.78, 5) is 17.5. The second-order valence-electron chi connectivity index (χ2n) is 10.4. The predicted molar refractivity (Wildman–Crippen MR) is 161 cm³/mol. The number of ether oxygens (including phenoxy) is 1. The molecule has 0 spiro atoms. The molecule has 13 heteroatoms. The van der Waals surface area contributed by atoms with Crippen molar-refractivity contribution < 1.29 is 22.7 Å². The van der Waals surface area contributed by atoms with E-state index in [0.717, 1.165) is 17.3 Å². The molecule has 5 N–H and O–H groups in total. The van der Waals surface area contributed by atoms with Gasteiger partial charge in [0, 0.05) is 73.9 Å². The first-order valence-electron chi connectivity index (χ1n) is 13.8. The molecule has 1 aromatic rings. The van der Waals surface area contributed by atoms with Gasteiger partial charge in [-0.15, -0.1) is 0 Å². The minimum Gasteiger partial charge on any atom is -0.492 e. The number of piperazine rings is 1. The second-order valence-corrected chi connectivity index (χ2v) is 10.4. The highest BCUT2D eigenvalue weighted by molar-refractivity contribution is 5.98. The van der Waals surface area contributed by atoms with E-state index in [-0.39, 0.29) is 34.7 Å². The number of rotatable bonds is 9. The summed E-state index contributed by atoms with van der Waals surface area (Å²) in [5.41, 5.74) is 9.64. The van der Waals surface area contributed by atoms with Crippen LogP contribution in [-0.4, -0.2) is 77.0 Å². The predicted octanol–water partition coefficient (Wildman–Crippen LogP) is 3.42. The first kappa shape index (κ1) is 33.3. The van der Waals surface area contributed by atoms with Crippen LogP contribution in [0.2, 0.25) is 0 Å². The van der Waals surface area contributed by atoms with E-state index in [1.165, 1.54) is 12.1 Å². The molecule has 1 aliphatic heterocycles. The molecule has 1 amide bonds. The van der Waals surface area contributed by atoms with Crippen molar-refractivity contribution in [3.63, 3.8) is 0 Å². The molecule has 1 unspecified atom stereocenters. The zero-order valence-corrected chi connectivity index (χ0v) is 25.4. The van der Waals surface area contributed by atoms with Crippen LogP contribution >= 0.6 is 0 Å². The number of hydrazine groups is 1. The van der Waals surface area contributed by atoms with Crippen molar-refractivity contribution in [3.05, 3.63) is 94.6 Å². The summed E-state index contributed by atoms with van der Waals surface area (Å²) in [7, 11) is 5.13. The van der Waals surface area contributed by atoms with Gasteiger partial charge >= 0.3 is 6.18 Å². The number of hydrogen-bond acceptors (Lipinski definition) is 8. The van der Waals surface area contributed by atoms with Gasteiger partial charge in [0.1, 0.15) is 0 Å². The molecular weight excluding hydrogens is 561 g/mol. The Bertz CT molecular complexity index is 1390. The van der Waals surface area contributed by atoms with Crippen LogP contribution in [0.25, 0.3) is 5.70 Å². The van der Waals surface area contributed by atoms with E-state index in [1.54, 1.807) is 48.3 Å². The van der Waals surface area contributed by atoms with Gasteiger partial charge in [-0.2, -0.15) is 18.3 Å². The van der Waals surface area contributed by atoms with Crippen LogP contribution in [0.15, 0.2) is 83.4 Å². The van der Waals surface area contributed by atoms with Crippen LogP contribution in [0.3, 0.4) is 0 Å². The highest BCUT2D eigenvalue weighted by Gasteiger charge is 2.27. The number of aryl methyl sites for hydroxylation is 1. The average molecular weight is 603 g/mol. The van der Waals surface area contributed by atoms with E-state index < -0.39 is 12.1 Å². The van der Waals surface area contributed by atoms with Crippen molar-refractivity contribution in [1.29, 1.82) is 0 Å². The lowest BCUT2D eigenvalue weighted by molar-refractivity contribution is -0.116. The molecule has 1 saturated heterocycles. The molecule has 2 aliphatic rings. The fourth-order valence-corrected chi connectivity index (χ4v) is 4.64. The molecule has 234 valence electrons. The van der Waals surface area contributed by atoms with Crippen molar-refractivity contribution in [2.75, 3.05) is 40.3 Å². The van der Waals surface area contributed by atoms with E-state index in [0.29, 0.717) is 37.6 Å². The molecule has 1 fully saturated rings. The Morgan fingerprint density at radius 1 is 1.23 bits per heavy atom. The third-order valence-corrected chi connectivity index (χ3v) is 7.32. The van der Waals surface area contributed by atoms with Gasteiger partial charge in [-0.05, 0) is 39.1 Å². The number of allylic oxidation sites excluding steroid dienone is 6. The number of halogens is 3. The summed E-state index contributed by atoms with van der Waals surface area (Å²) in [5, 5.41) is 8.40. The SMILES string of the molecule is C\C=C(NC(=O)C1=CC=CC(C)C(N(N)/C=C(\N)c2cnn(C)c2C)=C1)/C(OC)=C(\C=C\C(F)(F)F)N1CCN(C)CC1. The Hall–Kier alpha value is -4.23. The fourth-order valence-electron chi connectivity index (χ4n) is 4.64. The fraction of sp³-hybridized carbons (Fsp3) is 0.400. The summed E-state index contributed by atoms with van der Waals surface area (Å²) in [6, 6.07) is 0. The third kappa shape index (κ3) is 8.64. The largest absolute Gasteiger partial charge is 0.492 e. The number of carbonyl (C=O) groups excluding carboxylic acids is 1. The first-order chi connectivity index (χ1) is 20.2. The summed E-state index contributed by atoms with van der Waals surface area (Å²) in [6.07, 6.45) is 8.36. The summed E-state index contributed by atoms with van der Waals surface area (Å²) < 4.78 is 46.9. The Morgan fingerprint density at radius 2 is 1.91 bits per heavy atom. The van der Waals surface area contributed by atoms with Gasteiger partial charge in [0.25, 0.3) is 5.91 Å². The quantitative estimate of drug-likeness (QED) is 0.170.